The Morgan fingerprint density at radius 2 is 2.14 bits per heavy atom. The van der Waals surface area contributed by atoms with Crippen molar-refractivity contribution in [3.63, 3.8) is 0 Å². The van der Waals surface area contributed by atoms with Crippen LogP contribution in [-0.2, 0) is 14.3 Å². The Bertz CT molecular complexity index is 478. The molecule has 1 heterocycles. The molecule has 1 aromatic carbocycles. The third-order valence-corrected chi connectivity index (χ3v) is 6.12. The molecule has 1 amide bonds. The summed E-state index contributed by atoms with van der Waals surface area (Å²) in [6, 6.07) is 10.3. The van der Waals surface area contributed by atoms with E-state index in [0.717, 1.165) is 6.42 Å². The van der Waals surface area contributed by atoms with Crippen LogP contribution in [0.25, 0.3) is 0 Å². The molecule has 1 fully saturated rings. The van der Waals surface area contributed by atoms with Gasteiger partial charge in [0.05, 0.1) is 0 Å². The normalized spacial score (nSPS) is 18.0. The molecular formula is C16H21NO3Se. The fourth-order valence-electron chi connectivity index (χ4n) is 2.38. The minimum absolute atomic E-state index is 0.172. The summed E-state index contributed by atoms with van der Waals surface area (Å²) in [5, 5.41) is 0. The van der Waals surface area contributed by atoms with Crippen molar-refractivity contribution in [3.05, 3.63) is 30.3 Å². The first-order valence-electron chi connectivity index (χ1n) is 7.37. The molecule has 0 aliphatic carbocycles. The maximum atomic E-state index is 12.0. The van der Waals surface area contributed by atoms with E-state index in [2.05, 4.69) is 12.1 Å². The Morgan fingerprint density at radius 1 is 1.38 bits per heavy atom. The van der Waals surface area contributed by atoms with E-state index in [1.165, 1.54) is 4.46 Å². The summed E-state index contributed by atoms with van der Waals surface area (Å²) in [5.41, 5.74) is 0. The molecule has 0 bridgehead atoms. The Hall–Kier alpha value is -1.32. The Balaban J connectivity index is 1.84. The number of likely N-dealkylation sites (tertiary alicyclic amines) is 1. The zero-order chi connectivity index (χ0) is 15.1. The van der Waals surface area contributed by atoms with Crippen LogP contribution in [0.5, 0.6) is 0 Å². The van der Waals surface area contributed by atoms with Crippen molar-refractivity contribution < 1.29 is 14.3 Å². The van der Waals surface area contributed by atoms with Crippen molar-refractivity contribution in [1.29, 1.82) is 0 Å². The summed E-state index contributed by atoms with van der Waals surface area (Å²) >= 11 is 0.275. The van der Waals surface area contributed by atoms with E-state index in [0.29, 0.717) is 37.4 Å². The van der Waals surface area contributed by atoms with Crippen molar-refractivity contribution in [2.75, 3.05) is 13.2 Å². The minimum atomic E-state index is -0.172. The van der Waals surface area contributed by atoms with Crippen LogP contribution in [0.15, 0.2) is 30.3 Å². The standard InChI is InChI=1S/C16H21NO3Se/c1-2-20-16(19)9-6-12-17-14(18)10-11-15(17)21-13-7-4-3-5-8-13/h3-5,7-8,15H,2,6,9-12H2,1H3. The first-order chi connectivity index (χ1) is 10.2. The van der Waals surface area contributed by atoms with Crippen LogP contribution in [0.2, 0.25) is 0 Å². The summed E-state index contributed by atoms with van der Waals surface area (Å²) in [5.74, 6) is 0.0518. The van der Waals surface area contributed by atoms with Crippen LogP contribution in [0.3, 0.4) is 0 Å². The van der Waals surface area contributed by atoms with Crippen LogP contribution < -0.4 is 4.46 Å². The van der Waals surface area contributed by atoms with Gasteiger partial charge >= 0.3 is 132 Å². The second-order valence-corrected chi connectivity index (χ2v) is 7.55. The van der Waals surface area contributed by atoms with Gasteiger partial charge in [0, 0.05) is 0 Å². The number of ether oxygens (including phenoxy) is 1. The van der Waals surface area contributed by atoms with Gasteiger partial charge in [-0.25, -0.2) is 0 Å². The van der Waals surface area contributed by atoms with Crippen molar-refractivity contribution in [2.24, 2.45) is 0 Å². The van der Waals surface area contributed by atoms with Crippen molar-refractivity contribution in [3.8, 4) is 0 Å². The second kappa shape index (κ2) is 8.20. The molecule has 0 spiro atoms. The van der Waals surface area contributed by atoms with Gasteiger partial charge in [0.15, 0.2) is 0 Å². The van der Waals surface area contributed by atoms with Gasteiger partial charge in [-0.1, -0.05) is 0 Å². The molecule has 1 saturated heterocycles. The van der Waals surface area contributed by atoms with E-state index in [9.17, 15) is 9.59 Å². The predicted molar refractivity (Wildman–Crippen MR) is 82.4 cm³/mol. The van der Waals surface area contributed by atoms with Crippen LogP contribution in [0.4, 0.5) is 0 Å². The third-order valence-electron chi connectivity index (χ3n) is 3.37. The van der Waals surface area contributed by atoms with Crippen molar-refractivity contribution in [1.82, 2.24) is 4.90 Å². The third kappa shape index (κ3) is 4.87. The Morgan fingerprint density at radius 3 is 2.86 bits per heavy atom. The summed E-state index contributed by atoms with van der Waals surface area (Å²) in [4.78, 5) is 25.6. The zero-order valence-electron chi connectivity index (χ0n) is 12.3. The quantitative estimate of drug-likeness (QED) is 0.548. The SMILES string of the molecule is CCOC(=O)CCCN1C(=O)CCC1[Se]c1ccccc1. The molecule has 0 saturated carbocycles. The first kappa shape index (κ1) is 16.1. The van der Waals surface area contributed by atoms with Gasteiger partial charge < -0.3 is 0 Å². The summed E-state index contributed by atoms with van der Waals surface area (Å²) in [7, 11) is 0. The Labute approximate surface area is 132 Å². The van der Waals surface area contributed by atoms with Gasteiger partial charge in [0.25, 0.3) is 0 Å². The van der Waals surface area contributed by atoms with E-state index in [4.69, 9.17) is 4.74 Å². The molecule has 1 aliphatic heterocycles. The van der Waals surface area contributed by atoms with Gasteiger partial charge in [-0.2, -0.15) is 0 Å². The average Bonchev–Trinajstić information content (AvgIpc) is 2.82. The summed E-state index contributed by atoms with van der Waals surface area (Å²) in [6.07, 6.45) is 2.65. The number of hydrogen-bond acceptors (Lipinski definition) is 3. The number of esters is 1. The maximum absolute atomic E-state index is 12.0. The topological polar surface area (TPSA) is 46.6 Å². The molecule has 1 atom stereocenters. The van der Waals surface area contributed by atoms with Gasteiger partial charge in [-0.3, -0.25) is 0 Å². The van der Waals surface area contributed by atoms with Gasteiger partial charge in [0.2, 0.25) is 0 Å². The van der Waals surface area contributed by atoms with E-state index < -0.39 is 0 Å². The molecule has 4 nitrogen and oxygen atoms in total. The molecule has 5 heteroatoms. The van der Waals surface area contributed by atoms with E-state index in [1.807, 2.05) is 23.1 Å². The number of rotatable bonds is 7. The summed E-state index contributed by atoms with van der Waals surface area (Å²) < 4.78 is 6.24. The molecule has 0 radical (unpaired) electrons. The monoisotopic (exact) mass is 355 g/mol. The van der Waals surface area contributed by atoms with Gasteiger partial charge in [0.1, 0.15) is 0 Å². The average molecular weight is 354 g/mol. The second-order valence-electron chi connectivity index (χ2n) is 4.92. The fraction of sp³-hybridized carbons (Fsp3) is 0.500. The molecular weight excluding hydrogens is 333 g/mol. The van der Waals surface area contributed by atoms with E-state index in [1.54, 1.807) is 6.92 Å². The molecule has 0 aromatic heterocycles. The van der Waals surface area contributed by atoms with Crippen molar-refractivity contribution in [2.45, 2.75) is 37.5 Å². The van der Waals surface area contributed by atoms with Crippen LogP contribution >= 0.6 is 0 Å². The molecule has 1 aromatic rings. The number of benzene rings is 1. The van der Waals surface area contributed by atoms with Gasteiger partial charge in [-0.05, 0) is 0 Å². The van der Waals surface area contributed by atoms with Crippen LogP contribution in [-0.4, -0.2) is 49.8 Å². The number of nitrogens with zero attached hydrogens (tertiary/aromatic N) is 1. The number of carbonyl (C=O) groups is 2. The molecule has 114 valence electrons. The molecule has 21 heavy (non-hydrogen) atoms. The molecule has 1 aliphatic rings. The molecule has 0 N–H and O–H groups in total. The fourth-order valence-corrected chi connectivity index (χ4v) is 4.93. The molecule has 1 unspecified atom stereocenters. The van der Waals surface area contributed by atoms with Crippen LogP contribution in [0.1, 0.15) is 32.6 Å². The number of carbonyl (C=O) groups excluding carboxylic acids is 2. The van der Waals surface area contributed by atoms with Crippen LogP contribution in [0, 0.1) is 0 Å². The first-order valence-corrected chi connectivity index (χ1v) is 9.22. The van der Waals surface area contributed by atoms with E-state index >= 15 is 0 Å². The number of amides is 1. The predicted octanol–water partition coefficient (Wildman–Crippen LogP) is 1.31. The van der Waals surface area contributed by atoms with Crippen molar-refractivity contribution >= 4 is 31.3 Å². The number of hydrogen-bond donors (Lipinski definition) is 0. The van der Waals surface area contributed by atoms with E-state index in [-0.39, 0.29) is 26.8 Å². The molecule has 2 rings (SSSR count). The zero-order valence-corrected chi connectivity index (χ0v) is 14.0. The van der Waals surface area contributed by atoms with Gasteiger partial charge in [-0.15, -0.1) is 0 Å². The Kier molecular flexibility index (Phi) is 6.27. The summed E-state index contributed by atoms with van der Waals surface area (Å²) in [6.45, 7) is 2.89.